The summed E-state index contributed by atoms with van der Waals surface area (Å²) in [5.74, 6) is 6.83. The first-order valence-corrected chi connectivity index (χ1v) is 8.55. The van der Waals surface area contributed by atoms with Crippen molar-refractivity contribution in [3.8, 4) is 17.7 Å². The minimum atomic E-state index is -1.46. The van der Waals surface area contributed by atoms with Crippen molar-refractivity contribution in [3.05, 3.63) is 66.0 Å². The molecule has 1 aromatic carbocycles. The fraction of sp³-hybridized carbons (Fsp3) is 0.150. The number of aliphatic hydroxyl groups is 1. The normalized spacial score (nSPS) is 13.0. The molecule has 0 aliphatic carbocycles. The number of fused-ring (bicyclic) bond motifs is 1. The lowest BCUT2D eigenvalue weighted by molar-refractivity contribution is 0.112. The molecule has 0 fully saturated rings. The number of hydrogen-bond donors (Lipinski definition) is 2. The SMILES string of the molecule is Cc1nn(-c2ccnc(N)n2)c2cc(C#CC(C)(O)c3ncccn3)ccc12. The van der Waals surface area contributed by atoms with Crippen molar-refractivity contribution >= 4 is 16.9 Å². The maximum Gasteiger partial charge on any atom is 0.221 e. The van der Waals surface area contributed by atoms with E-state index in [0.717, 1.165) is 16.6 Å². The molecule has 28 heavy (non-hydrogen) atoms. The highest BCUT2D eigenvalue weighted by molar-refractivity contribution is 5.84. The van der Waals surface area contributed by atoms with Crippen LogP contribution in [0.5, 0.6) is 0 Å². The smallest absolute Gasteiger partial charge is 0.221 e. The van der Waals surface area contributed by atoms with Gasteiger partial charge in [0, 0.05) is 35.6 Å². The molecule has 1 unspecified atom stereocenters. The number of anilines is 1. The predicted octanol–water partition coefficient (Wildman–Crippen LogP) is 1.76. The van der Waals surface area contributed by atoms with Gasteiger partial charge in [-0.05, 0) is 38.1 Å². The molecule has 0 spiro atoms. The Labute approximate surface area is 161 Å². The van der Waals surface area contributed by atoms with Gasteiger partial charge in [0.1, 0.15) is 0 Å². The quantitative estimate of drug-likeness (QED) is 0.516. The van der Waals surface area contributed by atoms with Crippen molar-refractivity contribution in [2.75, 3.05) is 5.73 Å². The maximum absolute atomic E-state index is 10.6. The van der Waals surface area contributed by atoms with Crippen LogP contribution < -0.4 is 5.73 Å². The average molecular weight is 371 g/mol. The predicted molar refractivity (Wildman–Crippen MR) is 104 cm³/mol. The third-order valence-electron chi connectivity index (χ3n) is 4.19. The van der Waals surface area contributed by atoms with Crippen LogP contribution >= 0.6 is 0 Å². The second-order valence-electron chi connectivity index (χ2n) is 6.40. The molecule has 0 saturated carbocycles. The van der Waals surface area contributed by atoms with E-state index >= 15 is 0 Å². The van der Waals surface area contributed by atoms with E-state index in [-0.39, 0.29) is 11.8 Å². The van der Waals surface area contributed by atoms with Gasteiger partial charge in [0.2, 0.25) is 5.95 Å². The number of hydrogen-bond acceptors (Lipinski definition) is 7. The van der Waals surface area contributed by atoms with Crippen LogP contribution in [-0.2, 0) is 5.60 Å². The Morgan fingerprint density at radius 3 is 2.64 bits per heavy atom. The zero-order valence-corrected chi connectivity index (χ0v) is 15.3. The Balaban J connectivity index is 1.78. The molecule has 138 valence electrons. The Hall–Kier alpha value is -3.83. The summed E-state index contributed by atoms with van der Waals surface area (Å²) in [4.78, 5) is 16.3. The van der Waals surface area contributed by atoms with E-state index in [1.165, 1.54) is 0 Å². The van der Waals surface area contributed by atoms with Crippen LogP contribution in [0.3, 0.4) is 0 Å². The monoisotopic (exact) mass is 371 g/mol. The van der Waals surface area contributed by atoms with Crippen molar-refractivity contribution in [2.24, 2.45) is 0 Å². The fourth-order valence-electron chi connectivity index (χ4n) is 2.80. The first kappa shape index (κ1) is 17.6. The van der Waals surface area contributed by atoms with Crippen LogP contribution in [0.2, 0.25) is 0 Å². The molecule has 0 aliphatic heterocycles. The minimum absolute atomic E-state index is 0.175. The summed E-state index contributed by atoms with van der Waals surface area (Å²) in [6.45, 7) is 3.48. The van der Waals surface area contributed by atoms with Gasteiger partial charge in [0.15, 0.2) is 17.2 Å². The first-order chi connectivity index (χ1) is 13.4. The van der Waals surface area contributed by atoms with Gasteiger partial charge in [0.25, 0.3) is 0 Å². The average Bonchev–Trinajstić information content (AvgIpc) is 3.03. The van der Waals surface area contributed by atoms with Gasteiger partial charge in [-0.2, -0.15) is 10.1 Å². The second kappa shape index (κ2) is 6.72. The Morgan fingerprint density at radius 1 is 1.11 bits per heavy atom. The number of rotatable bonds is 2. The molecule has 0 saturated heterocycles. The van der Waals surface area contributed by atoms with Gasteiger partial charge in [-0.1, -0.05) is 11.8 Å². The number of nitrogens with two attached hydrogens (primary N) is 1. The Bertz CT molecular complexity index is 1220. The maximum atomic E-state index is 10.6. The molecule has 3 aromatic heterocycles. The summed E-state index contributed by atoms with van der Waals surface area (Å²) in [6, 6.07) is 9.13. The minimum Gasteiger partial charge on any atom is -0.371 e. The van der Waals surface area contributed by atoms with Crippen LogP contribution in [0.15, 0.2) is 48.9 Å². The van der Waals surface area contributed by atoms with Crippen molar-refractivity contribution in [2.45, 2.75) is 19.4 Å². The molecule has 1 atom stereocenters. The number of aromatic nitrogens is 6. The number of benzene rings is 1. The van der Waals surface area contributed by atoms with Crippen molar-refractivity contribution in [1.82, 2.24) is 29.7 Å². The highest BCUT2D eigenvalue weighted by atomic mass is 16.3. The molecule has 4 aromatic rings. The molecule has 3 heterocycles. The van der Waals surface area contributed by atoms with Gasteiger partial charge in [-0.3, -0.25) is 0 Å². The summed E-state index contributed by atoms with van der Waals surface area (Å²) in [5, 5.41) is 16.1. The van der Waals surface area contributed by atoms with Crippen molar-refractivity contribution in [1.29, 1.82) is 0 Å². The highest BCUT2D eigenvalue weighted by Crippen LogP contribution is 2.22. The van der Waals surface area contributed by atoms with E-state index in [0.29, 0.717) is 11.4 Å². The third-order valence-corrected chi connectivity index (χ3v) is 4.19. The van der Waals surface area contributed by atoms with Crippen LogP contribution in [-0.4, -0.2) is 34.8 Å². The van der Waals surface area contributed by atoms with E-state index in [4.69, 9.17) is 5.73 Å². The fourth-order valence-corrected chi connectivity index (χ4v) is 2.80. The van der Waals surface area contributed by atoms with E-state index in [2.05, 4.69) is 36.9 Å². The lowest BCUT2D eigenvalue weighted by atomic mass is 10.1. The van der Waals surface area contributed by atoms with Crippen molar-refractivity contribution in [3.63, 3.8) is 0 Å². The summed E-state index contributed by atoms with van der Waals surface area (Å²) in [6.07, 6.45) is 4.72. The van der Waals surface area contributed by atoms with E-state index in [1.807, 2.05) is 25.1 Å². The summed E-state index contributed by atoms with van der Waals surface area (Å²) < 4.78 is 1.70. The summed E-state index contributed by atoms with van der Waals surface area (Å²) in [5.41, 5.74) is 6.64. The Morgan fingerprint density at radius 2 is 1.89 bits per heavy atom. The topological polar surface area (TPSA) is 116 Å². The van der Waals surface area contributed by atoms with Crippen LogP contribution in [0.1, 0.15) is 24.0 Å². The van der Waals surface area contributed by atoms with E-state index in [9.17, 15) is 5.11 Å². The van der Waals surface area contributed by atoms with Gasteiger partial charge in [-0.15, -0.1) is 0 Å². The van der Waals surface area contributed by atoms with Crippen molar-refractivity contribution < 1.29 is 5.11 Å². The first-order valence-electron chi connectivity index (χ1n) is 8.55. The molecule has 3 N–H and O–H groups in total. The molecule has 4 rings (SSSR count). The lowest BCUT2D eigenvalue weighted by Crippen LogP contribution is -2.21. The zero-order chi connectivity index (χ0) is 19.7. The largest absolute Gasteiger partial charge is 0.371 e. The molecule has 0 amide bonds. The second-order valence-corrected chi connectivity index (χ2v) is 6.40. The summed E-state index contributed by atoms with van der Waals surface area (Å²) in [7, 11) is 0. The highest BCUT2D eigenvalue weighted by Gasteiger charge is 2.23. The van der Waals surface area contributed by atoms with Crippen LogP contribution in [0, 0.1) is 18.8 Å². The van der Waals surface area contributed by atoms with Gasteiger partial charge in [0.05, 0.1) is 11.2 Å². The molecule has 8 heteroatoms. The van der Waals surface area contributed by atoms with Gasteiger partial charge >= 0.3 is 0 Å². The third kappa shape index (κ3) is 3.26. The standard InChI is InChI=1S/C20H17N7O/c1-13-15-5-4-14(6-8-20(2,28)18-22-9-3-10-23-18)12-16(15)27(26-13)17-7-11-24-19(21)25-17/h3-5,7,9-12,28H,1-2H3,(H2,21,24,25). The summed E-state index contributed by atoms with van der Waals surface area (Å²) >= 11 is 0. The van der Waals surface area contributed by atoms with Crippen LogP contribution in [0.4, 0.5) is 5.95 Å². The Kier molecular flexibility index (Phi) is 4.22. The molecular weight excluding hydrogens is 354 g/mol. The molecule has 0 aliphatic rings. The lowest BCUT2D eigenvalue weighted by Gasteiger charge is -2.13. The van der Waals surface area contributed by atoms with Gasteiger partial charge < -0.3 is 10.8 Å². The number of nitrogen functional groups attached to an aromatic ring is 1. The number of nitrogens with zero attached hydrogens (tertiary/aromatic N) is 6. The molecule has 0 bridgehead atoms. The van der Waals surface area contributed by atoms with E-state index < -0.39 is 5.60 Å². The molecule has 0 radical (unpaired) electrons. The molecule has 8 nitrogen and oxygen atoms in total. The number of aryl methyl sites for hydroxylation is 1. The van der Waals surface area contributed by atoms with E-state index in [1.54, 1.807) is 42.3 Å². The van der Waals surface area contributed by atoms with Crippen LogP contribution in [0.25, 0.3) is 16.7 Å². The van der Waals surface area contributed by atoms with Gasteiger partial charge in [-0.25, -0.2) is 19.6 Å². The zero-order valence-electron chi connectivity index (χ0n) is 15.3. The molecular formula is C20H17N7O.